The van der Waals surface area contributed by atoms with Crippen LogP contribution in [0.3, 0.4) is 0 Å². The van der Waals surface area contributed by atoms with Crippen molar-refractivity contribution in [2.45, 2.75) is 18.2 Å². The van der Waals surface area contributed by atoms with Gasteiger partial charge in [0.15, 0.2) is 0 Å². The first-order valence-electron chi connectivity index (χ1n) is 7.63. The van der Waals surface area contributed by atoms with Crippen molar-refractivity contribution in [2.24, 2.45) is 22.9 Å². The van der Waals surface area contributed by atoms with Gasteiger partial charge in [0.1, 0.15) is 0 Å². The lowest BCUT2D eigenvalue weighted by molar-refractivity contribution is -0.135. The molecule has 26 heavy (non-hydrogen) atoms. The minimum atomic E-state index is -3.87. The Bertz CT molecular complexity index is 871. The Morgan fingerprint density at radius 2 is 1.65 bits per heavy atom. The number of sulfonamides is 1. The second-order valence-electron chi connectivity index (χ2n) is 5.65. The highest BCUT2D eigenvalue weighted by Crippen LogP contribution is 2.21. The quantitative estimate of drug-likeness (QED) is 0.323. The molecule has 2 rings (SSSR count). The number of nitrogens with zero attached hydrogens (tertiary/aromatic N) is 3. The number of hydrogen-bond donors (Lipinski definition) is 2. The number of carbonyl (C=O) groups excluding carboxylic acids is 1. The SMILES string of the molecule is CC(Cc1ccc(N(N)S(=O)(=O)c2ccccc2)cc1)C(=O)N(N)N=O. The molecule has 1 unspecified atom stereocenters. The maximum atomic E-state index is 12.5. The summed E-state index contributed by atoms with van der Waals surface area (Å²) >= 11 is 0. The summed E-state index contributed by atoms with van der Waals surface area (Å²) in [5.41, 5.74) is 1.02. The van der Waals surface area contributed by atoms with Gasteiger partial charge >= 0.3 is 0 Å². The number of benzene rings is 2. The van der Waals surface area contributed by atoms with Gasteiger partial charge in [-0.3, -0.25) is 4.79 Å². The number of carbonyl (C=O) groups is 1. The minimum Gasteiger partial charge on any atom is -0.271 e. The van der Waals surface area contributed by atoms with Gasteiger partial charge in [-0.05, 0) is 36.2 Å². The molecule has 10 heteroatoms. The highest BCUT2D eigenvalue weighted by atomic mass is 32.2. The Kier molecular flexibility index (Phi) is 6.03. The zero-order valence-electron chi connectivity index (χ0n) is 14.0. The lowest BCUT2D eigenvalue weighted by atomic mass is 10.0. The first-order valence-corrected chi connectivity index (χ1v) is 9.07. The van der Waals surface area contributed by atoms with Crippen LogP contribution in [-0.4, -0.2) is 19.4 Å². The smallest absolute Gasteiger partial charge is 0.271 e. The molecule has 0 bridgehead atoms. The molecule has 0 aromatic heterocycles. The first kappa shape index (κ1) is 19.5. The summed E-state index contributed by atoms with van der Waals surface area (Å²) < 4.78 is 25.7. The van der Waals surface area contributed by atoms with E-state index in [0.29, 0.717) is 10.8 Å². The molecule has 0 spiro atoms. The highest BCUT2D eigenvalue weighted by Gasteiger charge is 2.22. The van der Waals surface area contributed by atoms with E-state index in [9.17, 15) is 18.1 Å². The molecular weight excluding hydrogens is 358 g/mol. The third-order valence-electron chi connectivity index (χ3n) is 3.77. The van der Waals surface area contributed by atoms with E-state index in [1.807, 2.05) is 0 Å². The normalized spacial score (nSPS) is 12.3. The molecule has 0 saturated heterocycles. The summed E-state index contributed by atoms with van der Waals surface area (Å²) in [7, 11) is -3.87. The summed E-state index contributed by atoms with van der Waals surface area (Å²) in [6.45, 7) is 1.61. The van der Waals surface area contributed by atoms with E-state index in [2.05, 4.69) is 5.29 Å². The van der Waals surface area contributed by atoms with E-state index in [1.165, 1.54) is 24.3 Å². The van der Waals surface area contributed by atoms with Crippen LogP contribution in [0.2, 0.25) is 0 Å². The maximum Gasteiger partial charge on any atom is 0.277 e. The van der Waals surface area contributed by atoms with Crippen molar-refractivity contribution in [3.05, 3.63) is 65.1 Å². The van der Waals surface area contributed by atoms with Gasteiger partial charge in [0.25, 0.3) is 15.9 Å². The van der Waals surface area contributed by atoms with Crippen LogP contribution < -0.4 is 16.1 Å². The van der Waals surface area contributed by atoms with Gasteiger partial charge in [0.05, 0.1) is 15.9 Å². The van der Waals surface area contributed by atoms with Crippen LogP contribution in [0, 0.1) is 10.8 Å². The fourth-order valence-electron chi connectivity index (χ4n) is 2.33. The maximum absolute atomic E-state index is 12.5. The van der Waals surface area contributed by atoms with Crippen molar-refractivity contribution >= 4 is 21.6 Å². The van der Waals surface area contributed by atoms with E-state index in [-0.39, 0.29) is 15.7 Å². The van der Waals surface area contributed by atoms with Crippen molar-refractivity contribution in [3.8, 4) is 0 Å². The molecule has 0 aliphatic rings. The average Bonchev–Trinajstić information content (AvgIpc) is 2.67. The molecule has 1 amide bonds. The first-order chi connectivity index (χ1) is 12.3. The van der Waals surface area contributed by atoms with Crippen LogP contribution in [0.15, 0.2) is 64.8 Å². The van der Waals surface area contributed by atoms with E-state index in [1.54, 1.807) is 37.3 Å². The summed E-state index contributed by atoms with van der Waals surface area (Å²) in [6, 6.07) is 14.2. The van der Waals surface area contributed by atoms with Crippen molar-refractivity contribution in [2.75, 3.05) is 4.41 Å². The molecule has 0 saturated carbocycles. The van der Waals surface area contributed by atoms with Gasteiger partial charge in [-0.2, -0.15) is 8.42 Å². The van der Waals surface area contributed by atoms with Crippen molar-refractivity contribution in [3.63, 3.8) is 0 Å². The van der Waals surface area contributed by atoms with Gasteiger partial charge in [-0.25, -0.2) is 16.1 Å². The number of nitroso groups, excluding NO2 is 1. The molecule has 0 radical (unpaired) electrons. The van der Waals surface area contributed by atoms with Crippen LogP contribution in [0.25, 0.3) is 0 Å². The fourth-order valence-corrected chi connectivity index (χ4v) is 3.46. The predicted molar refractivity (Wildman–Crippen MR) is 96.4 cm³/mol. The zero-order valence-corrected chi connectivity index (χ0v) is 14.8. The average molecular weight is 377 g/mol. The van der Waals surface area contributed by atoms with Gasteiger partial charge in [0, 0.05) is 5.92 Å². The van der Waals surface area contributed by atoms with Gasteiger partial charge in [-0.15, -0.1) is 10.0 Å². The van der Waals surface area contributed by atoms with Gasteiger partial charge in [-0.1, -0.05) is 37.3 Å². The lowest BCUT2D eigenvalue weighted by Gasteiger charge is -2.19. The Balaban J connectivity index is 2.14. The van der Waals surface area contributed by atoms with Crippen LogP contribution >= 0.6 is 0 Å². The minimum absolute atomic E-state index is 0.0789. The third kappa shape index (κ3) is 4.23. The molecule has 0 aliphatic heterocycles. The topological polar surface area (TPSA) is 139 Å². The van der Waals surface area contributed by atoms with Crippen molar-refractivity contribution < 1.29 is 13.2 Å². The number of hydrazine groups is 2. The Hall–Kier alpha value is -2.82. The third-order valence-corrected chi connectivity index (χ3v) is 5.36. The summed E-state index contributed by atoms with van der Waals surface area (Å²) in [4.78, 5) is 22.1. The van der Waals surface area contributed by atoms with Crippen molar-refractivity contribution in [1.29, 1.82) is 0 Å². The van der Waals surface area contributed by atoms with E-state index >= 15 is 0 Å². The Morgan fingerprint density at radius 1 is 1.08 bits per heavy atom. The predicted octanol–water partition coefficient (Wildman–Crippen LogP) is 1.32. The number of hydrogen-bond acceptors (Lipinski definition) is 7. The summed E-state index contributed by atoms with van der Waals surface area (Å²) in [5.74, 6) is 9.76. The Labute approximate surface area is 151 Å². The van der Waals surface area contributed by atoms with E-state index in [4.69, 9.17) is 11.7 Å². The van der Waals surface area contributed by atoms with Gasteiger partial charge < -0.3 is 0 Å². The number of anilines is 1. The second-order valence-corrected chi connectivity index (χ2v) is 7.46. The van der Waals surface area contributed by atoms with Gasteiger partial charge in [0.2, 0.25) is 0 Å². The molecule has 1 atom stereocenters. The molecule has 9 nitrogen and oxygen atoms in total. The van der Waals surface area contributed by atoms with Crippen LogP contribution in [-0.2, 0) is 21.2 Å². The van der Waals surface area contributed by atoms with E-state index in [0.717, 1.165) is 5.56 Å². The largest absolute Gasteiger partial charge is 0.277 e. The summed E-state index contributed by atoms with van der Waals surface area (Å²) in [6.07, 6.45) is 0.304. The molecule has 4 N–H and O–H groups in total. The molecule has 0 aliphatic carbocycles. The number of nitrogens with two attached hydrogens (primary N) is 2. The molecule has 2 aromatic rings. The zero-order chi connectivity index (χ0) is 19.3. The second kappa shape index (κ2) is 8.04. The van der Waals surface area contributed by atoms with Crippen molar-refractivity contribution in [1.82, 2.24) is 5.12 Å². The summed E-state index contributed by atoms with van der Waals surface area (Å²) in [5, 5.41) is 2.62. The van der Waals surface area contributed by atoms with E-state index < -0.39 is 21.8 Å². The molecule has 2 aromatic carbocycles. The molecular formula is C16H19N5O4S. The fraction of sp³-hybridized carbons (Fsp3) is 0.188. The van der Waals surface area contributed by atoms with Crippen LogP contribution in [0.4, 0.5) is 5.69 Å². The molecule has 0 fully saturated rings. The lowest BCUT2D eigenvalue weighted by Crippen LogP contribution is -2.37. The molecule has 138 valence electrons. The molecule has 0 heterocycles. The van der Waals surface area contributed by atoms with Crippen LogP contribution in [0.1, 0.15) is 12.5 Å². The standard InChI is InChI=1S/C16H19N5O4S/c1-12(16(22)20(17)19-23)11-13-7-9-14(10-8-13)21(18)26(24,25)15-5-3-2-4-6-15/h2-10,12H,11,17-18H2,1H3. The number of rotatable bonds is 7. The highest BCUT2D eigenvalue weighted by molar-refractivity contribution is 7.92. The Morgan fingerprint density at radius 3 is 2.19 bits per heavy atom. The number of amides is 1. The monoisotopic (exact) mass is 377 g/mol. The van der Waals surface area contributed by atoms with Crippen LogP contribution in [0.5, 0.6) is 0 Å².